The highest BCUT2D eigenvalue weighted by Gasteiger charge is 2.27. The highest BCUT2D eigenvalue weighted by atomic mass is 16.5. The number of hydrogen-bond acceptors (Lipinski definition) is 8. The van der Waals surface area contributed by atoms with Crippen LogP contribution in [0.25, 0.3) is 11.2 Å². The topological polar surface area (TPSA) is 102 Å². The van der Waals surface area contributed by atoms with E-state index in [1.807, 2.05) is 61.1 Å². The van der Waals surface area contributed by atoms with Gasteiger partial charge in [0.2, 0.25) is 5.95 Å². The zero-order chi connectivity index (χ0) is 23.5. The molecule has 0 aliphatic carbocycles. The summed E-state index contributed by atoms with van der Waals surface area (Å²) in [5, 5.41) is 17.6. The largest absolute Gasteiger partial charge is 0.490 e. The molecule has 0 amide bonds. The van der Waals surface area contributed by atoms with Gasteiger partial charge in [-0.1, -0.05) is 0 Å². The number of aliphatic hydroxyl groups is 1. The molecule has 10 nitrogen and oxygen atoms in total. The molecule has 1 aliphatic heterocycles. The number of fused-ring (bicyclic) bond motifs is 1. The van der Waals surface area contributed by atoms with Gasteiger partial charge in [0.25, 0.3) is 0 Å². The fourth-order valence-electron chi connectivity index (χ4n) is 4.33. The van der Waals surface area contributed by atoms with E-state index in [0.717, 1.165) is 42.2 Å². The van der Waals surface area contributed by atoms with Crippen LogP contribution in [0.2, 0.25) is 0 Å². The van der Waals surface area contributed by atoms with E-state index in [1.54, 1.807) is 10.8 Å². The Bertz CT molecular complexity index is 1270. The molecule has 4 aromatic rings. The summed E-state index contributed by atoms with van der Waals surface area (Å²) in [6, 6.07) is 9.80. The second-order valence-corrected chi connectivity index (χ2v) is 8.06. The third-order valence-electron chi connectivity index (χ3n) is 5.88. The molecule has 3 aromatic heterocycles. The summed E-state index contributed by atoms with van der Waals surface area (Å²) < 4.78 is 15.1. The number of imidazole rings is 1. The SMILES string of the molecule is CCOc1ccc(-n2cnc(Nc3nc(N4CCCC4CO)c4cccn4n3)c2)cc1OCC. The van der Waals surface area contributed by atoms with E-state index >= 15 is 0 Å². The standard InChI is InChI=1S/C24H29N7O3/c1-3-33-20-10-9-17(13-21(20)34-4-2)29-14-22(25-16-29)26-24-27-23(19-8-6-12-31(19)28-24)30-11-5-7-18(30)15-32/h6,8-10,12-14,16,18,32H,3-5,7,11,15H2,1-2H3,(H,26,28). The minimum atomic E-state index is 0.0693. The monoisotopic (exact) mass is 463 g/mol. The van der Waals surface area contributed by atoms with Gasteiger partial charge in [-0.2, -0.15) is 4.98 Å². The average molecular weight is 464 g/mol. The quantitative estimate of drug-likeness (QED) is 0.389. The Balaban J connectivity index is 1.42. The Labute approximate surface area is 197 Å². The van der Waals surface area contributed by atoms with Crippen LogP contribution in [0, 0.1) is 0 Å². The Morgan fingerprint density at radius 2 is 2.00 bits per heavy atom. The van der Waals surface area contributed by atoms with E-state index < -0.39 is 0 Å². The van der Waals surface area contributed by atoms with Crippen LogP contribution in [0.4, 0.5) is 17.6 Å². The van der Waals surface area contributed by atoms with Crippen LogP contribution < -0.4 is 19.7 Å². The Morgan fingerprint density at radius 1 is 1.15 bits per heavy atom. The van der Waals surface area contributed by atoms with Crippen LogP contribution in [0.3, 0.4) is 0 Å². The first kappa shape index (κ1) is 22.0. The summed E-state index contributed by atoms with van der Waals surface area (Å²) in [6.07, 6.45) is 7.47. The first-order valence-electron chi connectivity index (χ1n) is 11.6. The summed E-state index contributed by atoms with van der Waals surface area (Å²) in [5.74, 6) is 3.28. The number of nitrogens with one attached hydrogen (secondary N) is 1. The van der Waals surface area contributed by atoms with Gasteiger partial charge >= 0.3 is 0 Å². The molecule has 1 atom stereocenters. The van der Waals surface area contributed by atoms with Gasteiger partial charge in [-0.05, 0) is 51.0 Å². The van der Waals surface area contributed by atoms with Crippen molar-refractivity contribution in [3.63, 3.8) is 0 Å². The number of aromatic nitrogens is 5. The molecule has 5 rings (SSSR count). The average Bonchev–Trinajstić information content (AvgIpc) is 3.60. The summed E-state index contributed by atoms with van der Waals surface area (Å²) in [5.41, 5.74) is 1.81. The molecule has 0 spiro atoms. The Morgan fingerprint density at radius 3 is 2.82 bits per heavy atom. The van der Waals surface area contributed by atoms with Crippen LogP contribution in [0.1, 0.15) is 26.7 Å². The van der Waals surface area contributed by atoms with Crippen molar-refractivity contribution >= 4 is 23.1 Å². The van der Waals surface area contributed by atoms with Gasteiger partial charge in [-0.15, -0.1) is 5.10 Å². The van der Waals surface area contributed by atoms with Gasteiger partial charge in [0.15, 0.2) is 23.1 Å². The maximum Gasteiger partial charge on any atom is 0.248 e. The second-order valence-electron chi connectivity index (χ2n) is 8.06. The summed E-state index contributed by atoms with van der Waals surface area (Å²) in [4.78, 5) is 11.4. The van der Waals surface area contributed by atoms with E-state index in [-0.39, 0.29) is 12.6 Å². The lowest BCUT2D eigenvalue weighted by Gasteiger charge is -2.25. The lowest BCUT2D eigenvalue weighted by Crippen LogP contribution is -2.33. The lowest BCUT2D eigenvalue weighted by atomic mass is 10.2. The van der Waals surface area contributed by atoms with Crippen molar-refractivity contribution in [3.8, 4) is 17.2 Å². The number of nitrogens with zero attached hydrogens (tertiary/aromatic N) is 6. The highest BCUT2D eigenvalue weighted by Crippen LogP contribution is 2.31. The molecular formula is C24H29N7O3. The molecule has 0 radical (unpaired) electrons. The number of hydrogen-bond donors (Lipinski definition) is 2. The normalized spacial score (nSPS) is 15.7. The van der Waals surface area contributed by atoms with Crippen LogP contribution >= 0.6 is 0 Å². The fourth-order valence-corrected chi connectivity index (χ4v) is 4.33. The van der Waals surface area contributed by atoms with Crippen molar-refractivity contribution < 1.29 is 14.6 Å². The zero-order valence-corrected chi connectivity index (χ0v) is 19.4. The minimum Gasteiger partial charge on any atom is -0.490 e. The molecule has 0 saturated carbocycles. The highest BCUT2D eigenvalue weighted by molar-refractivity contribution is 5.71. The predicted octanol–water partition coefficient (Wildman–Crippen LogP) is 3.42. The molecule has 1 fully saturated rings. The lowest BCUT2D eigenvalue weighted by molar-refractivity contribution is 0.266. The second kappa shape index (κ2) is 9.60. The molecular weight excluding hydrogens is 434 g/mol. The molecule has 10 heteroatoms. The third-order valence-corrected chi connectivity index (χ3v) is 5.88. The Hall–Kier alpha value is -3.79. The molecule has 34 heavy (non-hydrogen) atoms. The van der Waals surface area contributed by atoms with E-state index in [0.29, 0.717) is 30.7 Å². The van der Waals surface area contributed by atoms with Crippen LogP contribution in [-0.2, 0) is 0 Å². The molecule has 1 aliphatic rings. The van der Waals surface area contributed by atoms with Crippen molar-refractivity contribution in [3.05, 3.63) is 49.1 Å². The van der Waals surface area contributed by atoms with Crippen molar-refractivity contribution in [2.45, 2.75) is 32.7 Å². The molecule has 2 N–H and O–H groups in total. The van der Waals surface area contributed by atoms with Crippen molar-refractivity contribution in [1.29, 1.82) is 0 Å². The molecule has 178 valence electrons. The maximum absolute atomic E-state index is 9.80. The van der Waals surface area contributed by atoms with E-state index in [9.17, 15) is 5.11 Å². The predicted molar refractivity (Wildman–Crippen MR) is 130 cm³/mol. The Kier molecular flexibility index (Phi) is 6.22. The van der Waals surface area contributed by atoms with Crippen molar-refractivity contribution in [2.24, 2.45) is 0 Å². The third kappa shape index (κ3) is 4.24. The molecule has 0 bridgehead atoms. The van der Waals surface area contributed by atoms with Gasteiger partial charge in [0, 0.05) is 18.8 Å². The van der Waals surface area contributed by atoms with E-state index in [2.05, 4.69) is 20.3 Å². The van der Waals surface area contributed by atoms with Gasteiger partial charge < -0.3 is 29.4 Å². The van der Waals surface area contributed by atoms with Crippen LogP contribution in [0.5, 0.6) is 11.5 Å². The van der Waals surface area contributed by atoms with Gasteiger partial charge in [-0.25, -0.2) is 9.50 Å². The number of aliphatic hydroxyl groups excluding tert-OH is 1. The number of benzene rings is 1. The van der Waals surface area contributed by atoms with Crippen molar-refractivity contribution in [2.75, 3.05) is 36.6 Å². The minimum absolute atomic E-state index is 0.0693. The summed E-state index contributed by atoms with van der Waals surface area (Å²) in [6.45, 7) is 5.98. The summed E-state index contributed by atoms with van der Waals surface area (Å²) in [7, 11) is 0. The van der Waals surface area contributed by atoms with Gasteiger partial charge in [-0.3, -0.25) is 0 Å². The molecule has 1 saturated heterocycles. The first-order valence-corrected chi connectivity index (χ1v) is 11.6. The first-order chi connectivity index (χ1) is 16.7. The summed E-state index contributed by atoms with van der Waals surface area (Å²) >= 11 is 0. The molecule has 1 aromatic carbocycles. The van der Waals surface area contributed by atoms with Crippen LogP contribution in [0.15, 0.2) is 49.1 Å². The smallest absolute Gasteiger partial charge is 0.248 e. The number of ether oxygens (including phenoxy) is 2. The van der Waals surface area contributed by atoms with Crippen LogP contribution in [-0.4, -0.2) is 61.7 Å². The van der Waals surface area contributed by atoms with Gasteiger partial charge in [0.05, 0.1) is 37.7 Å². The maximum atomic E-state index is 9.80. The molecule has 1 unspecified atom stereocenters. The van der Waals surface area contributed by atoms with E-state index in [1.165, 1.54) is 0 Å². The fraction of sp³-hybridized carbons (Fsp3) is 0.375. The number of anilines is 3. The zero-order valence-electron chi connectivity index (χ0n) is 19.4. The molecule has 4 heterocycles. The number of rotatable bonds is 9. The van der Waals surface area contributed by atoms with Gasteiger partial charge in [0.1, 0.15) is 11.8 Å². The van der Waals surface area contributed by atoms with E-state index in [4.69, 9.17) is 14.5 Å². The van der Waals surface area contributed by atoms with Crippen molar-refractivity contribution in [1.82, 2.24) is 24.1 Å².